The first kappa shape index (κ1) is 20.5. The molecule has 7 heteroatoms. The molecule has 2 aromatic rings. The van der Waals surface area contributed by atoms with Crippen molar-refractivity contribution < 1.29 is 14.3 Å². The van der Waals surface area contributed by atoms with Gasteiger partial charge >= 0.3 is 6.09 Å². The molecule has 0 saturated carbocycles. The molecule has 0 fully saturated rings. The number of aromatic nitrogens is 2. The van der Waals surface area contributed by atoms with Gasteiger partial charge in [-0.15, -0.1) is 0 Å². The number of carbonyl (C=O) groups is 2. The van der Waals surface area contributed by atoms with E-state index in [-0.39, 0.29) is 18.9 Å². The molecule has 1 heterocycles. The summed E-state index contributed by atoms with van der Waals surface area (Å²) in [7, 11) is 1.74. The van der Waals surface area contributed by atoms with Crippen LogP contribution in [0.3, 0.4) is 0 Å². The zero-order valence-corrected chi connectivity index (χ0v) is 16.4. The Balaban J connectivity index is 1.75. The maximum Gasteiger partial charge on any atom is 0.407 e. The summed E-state index contributed by atoms with van der Waals surface area (Å²) in [6, 6.07) is 10.1. The van der Waals surface area contributed by atoms with Gasteiger partial charge in [0.2, 0.25) is 5.91 Å². The summed E-state index contributed by atoms with van der Waals surface area (Å²) in [4.78, 5) is 25.4. The van der Waals surface area contributed by atoms with Crippen molar-refractivity contribution in [1.29, 1.82) is 0 Å². The molecular weight excluding hydrogens is 344 g/mol. The number of alkyl carbamates (subject to hydrolysis) is 1. The van der Waals surface area contributed by atoms with Gasteiger partial charge in [0, 0.05) is 38.3 Å². The number of benzene rings is 1. The van der Waals surface area contributed by atoms with Gasteiger partial charge in [0.1, 0.15) is 5.60 Å². The standard InChI is InChI=1S/C20H28N4O3/c1-20(2,3)27-19(26)21-11-10-18(25)23(4)13-17-12-22-24(15-17)14-16-8-6-5-7-9-16/h5-9,12,15H,10-11,13-14H2,1-4H3,(H,21,26). The summed E-state index contributed by atoms with van der Waals surface area (Å²) in [5, 5.41) is 6.94. The molecular formula is C20H28N4O3. The van der Waals surface area contributed by atoms with Gasteiger partial charge in [-0.25, -0.2) is 4.79 Å². The van der Waals surface area contributed by atoms with E-state index in [1.807, 2.05) is 29.1 Å². The van der Waals surface area contributed by atoms with Gasteiger partial charge in [-0.2, -0.15) is 5.10 Å². The highest BCUT2D eigenvalue weighted by atomic mass is 16.6. The Bertz CT molecular complexity index is 750. The smallest absolute Gasteiger partial charge is 0.407 e. The molecule has 146 valence electrons. The number of nitrogens with zero attached hydrogens (tertiary/aromatic N) is 3. The lowest BCUT2D eigenvalue weighted by atomic mass is 10.2. The van der Waals surface area contributed by atoms with E-state index in [0.29, 0.717) is 13.1 Å². The number of ether oxygens (including phenoxy) is 1. The number of nitrogens with one attached hydrogen (secondary N) is 1. The zero-order valence-electron chi connectivity index (χ0n) is 16.4. The quantitative estimate of drug-likeness (QED) is 0.811. The third kappa shape index (κ3) is 7.52. The van der Waals surface area contributed by atoms with Gasteiger partial charge in [-0.1, -0.05) is 30.3 Å². The Morgan fingerprint density at radius 1 is 1.19 bits per heavy atom. The lowest BCUT2D eigenvalue weighted by molar-refractivity contribution is -0.130. The first-order chi connectivity index (χ1) is 12.7. The topological polar surface area (TPSA) is 76.5 Å². The van der Waals surface area contributed by atoms with Crippen molar-refractivity contribution in [1.82, 2.24) is 20.0 Å². The monoisotopic (exact) mass is 372 g/mol. The van der Waals surface area contributed by atoms with Crippen LogP contribution in [0.25, 0.3) is 0 Å². The van der Waals surface area contributed by atoms with E-state index in [1.165, 1.54) is 5.56 Å². The van der Waals surface area contributed by atoms with Gasteiger partial charge in [-0.05, 0) is 26.3 Å². The fourth-order valence-corrected chi connectivity index (χ4v) is 2.48. The highest BCUT2D eigenvalue weighted by Crippen LogP contribution is 2.08. The third-order valence-corrected chi connectivity index (χ3v) is 3.73. The summed E-state index contributed by atoms with van der Waals surface area (Å²) in [5.74, 6) is -0.0538. The molecule has 0 bridgehead atoms. The molecule has 0 unspecified atom stereocenters. The molecule has 2 rings (SSSR count). The predicted octanol–water partition coefficient (Wildman–Crippen LogP) is 2.80. The van der Waals surface area contributed by atoms with Crippen molar-refractivity contribution in [2.24, 2.45) is 0 Å². The van der Waals surface area contributed by atoms with Crippen molar-refractivity contribution >= 4 is 12.0 Å². The van der Waals surface area contributed by atoms with Crippen molar-refractivity contribution in [3.05, 3.63) is 53.9 Å². The lowest BCUT2D eigenvalue weighted by Gasteiger charge is -2.20. The fourth-order valence-electron chi connectivity index (χ4n) is 2.48. The molecule has 0 atom stereocenters. The number of hydrogen-bond donors (Lipinski definition) is 1. The summed E-state index contributed by atoms with van der Waals surface area (Å²) in [6.07, 6.45) is 3.41. The van der Waals surface area contributed by atoms with Crippen molar-refractivity contribution in [3.8, 4) is 0 Å². The maximum atomic E-state index is 12.2. The molecule has 0 spiro atoms. The minimum absolute atomic E-state index is 0.0538. The van der Waals surface area contributed by atoms with Crippen molar-refractivity contribution in [2.75, 3.05) is 13.6 Å². The second-order valence-electron chi connectivity index (χ2n) is 7.46. The summed E-state index contributed by atoms with van der Waals surface area (Å²) >= 11 is 0. The molecule has 2 amide bonds. The van der Waals surface area contributed by atoms with Crippen molar-refractivity contribution in [3.63, 3.8) is 0 Å². The van der Waals surface area contributed by atoms with Crippen LogP contribution >= 0.6 is 0 Å². The van der Waals surface area contributed by atoms with Crippen LogP contribution in [0.15, 0.2) is 42.7 Å². The first-order valence-electron chi connectivity index (χ1n) is 8.99. The first-order valence-corrected chi connectivity index (χ1v) is 8.99. The van der Waals surface area contributed by atoms with Gasteiger partial charge in [0.15, 0.2) is 0 Å². The van der Waals surface area contributed by atoms with Crippen LogP contribution in [0, 0.1) is 0 Å². The molecule has 0 saturated heterocycles. The van der Waals surface area contributed by atoms with E-state index in [1.54, 1.807) is 38.9 Å². The average molecular weight is 372 g/mol. The SMILES string of the molecule is CN(Cc1cnn(Cc2ccccc2)c1)C(=O)CCNC(=O)OC(C)(C)C. The van der Waals surface area contributed by atoms with Crippen LogP contribution in [-0.4, -0.2) is 45.9 Å². The molecule has 0 aliphatic rings. The van der Waals surface area contributed by atoms with E-state index in [2.05, 4.69) is 22.5 Å². The van der Waals surface area contributed by atoms with Crippen molar-refractivity contribution in [2.45, 2.75) is 45.9 Å². The van der Waals surface area contributed by atoms with E-state index in [0.717, 1.165) is 5.56 Å². The second kappa shape index (κ2) is 9.21. The maximum absolute atomic E-state index is 12.2. The minimum Gasteiger partial charge on any atom is -0.444 e. The highest BCUT2D eigenvalue weighted by molar-refractivity contribution is 5.77. The highest BCUT2D eigenvalue weighted by Gasteiger charge is 2.16. The Morgan fingerprint density at radius 3 is 2.56 bits per heavy atom. The molecule has 27 heavy (non-hydrogen) atoms. The molecule has 7 nitrogen and oxygen atoms in total. The normalized spacial score (nSPS) is 11.1. The van der Waals surface area contributed by atoms with Crippen LogP contribution in [0.5, 0.6) is 0 Å². The van der Waals surface area contributed by atoms with Gasteiger partial charge in [-0.3, -0.25) is 9.48 Å². The summed E-state index contributed by atoms with van der Waals surface area (Å²) < 4.78 is 7.00. The van der Waals surface area contributed by atoms with Crippen LogP contribution in [0.4, 0.5) is 4.79 Å². The zero-order chi connectivity index (χ0) is 19.9. The Morgan fingerprint density at radius 2 is 1.89 bits per heavy atom. The van der Waals surface area contributed by atoms with Gasteiger partial charge in [0.05, 0.1) is 12.7 Å². The van der Waals surface area contributed by atoms with Crippen LogP contribution < -0.4 is 5.32 Å². The molecule has 0 aliphatic heterocycles. The molecule has 1 N–H and O–H groups in total. The molecule has 1 aromatic carbocycles. The van der Waals surface area contributed by atoms with Crippen LogP contribution in [0.1, 0.15) is 38.3 Å². The van der Waals surface area contributed by atoms with E-state index < -0.39 is 11.7 Å². The summed E-state index contributed by atoms with van der Waals surface area (Å²) in [6.45, 7) is 6.79. The Hall–Kier alpha value is -2.83. The van der Waals surface area contributed by atoms with Gasteiger partial charge < -0.3 is 15.0 Å². The molecule has 0 radical (unpaired) electrons. The molecule has 0 aliphatic carbocycles. The Kier molecular flexibility index (Phi) is 6.98. The largest absolute Gasteiger partial charge is 0.444 e. The van der Waals surface area contributed by atoms with E-state index in [4.69, 9.17) is 4.74 Å². The van der Waals surface area contributed by atoms with E-state index in [9.17, 15) is 9.59 Å². The Labute approximate surface area is 160 Å². The number of hydrogen-bond acceptors (Lipinski definition) is 4. The number of amides is 2. The third-order valence-electron chi connectivity index (χ3n) is 3.73. The summed E-state index contributed by atoms with van der Waals surface area (Å²) in [5.41, 5.74) is 1.58. The average Bonchev–Trinajstić information content (AvgIpc) is 3.00. The van der Waals surface area contributed by atoms with Gasteiger partial charge in [0.25, 0.3) is 0 Å². The second-order valence-corrected chi connectivity index (χ2v) is 7.46. The predicted molar refractivity (Wildman–Crippen MR) is 103 cm³/mol. The fraction of sp³-hybridized carbons (Fsp3) is 0.450. The van der Waals surface area contributed by atoms with Crippen LogP contribution in [-0.2, 0) is 22.6 Å². The number of carbonyl (C=O) groups excluding carboxylic acids is 2. The lowest BCUT2D eigenvalue weighted by Crippen LogP contribution is -2.35. The molecule has 1 aromatic heterocycles. The van der Waals surface area contributed by atoms with Crippen LogP contribution in [0.2, 0.25) is 0 Å². The van der Waals surface area contributed by atoms with E-state index >= 15 is 0 Å². The minimum atomic E-state index is -0.551. The number of rotatable bonds is 7.